The Labute approximate surface area is 163 Å². The Balaban J connectivity index is 1.48. The molecule has 134 valence electrons. The second kappa shape index (κ2) is 9.40. The summed E-state index contributed by atoms with van der Waals surface area (Å²) in [7, 11) is 0. The number of nitrogens with zero attached hydrogens (tertiary/aromatic N) is 2. The molecule has 2 N–H and O–H groups in total. The van der Waals surface area contributed by atoms with Gasteiger partial charge in [0.05, 0.1) is 0 Å². The average molecular weight is 383 g/mol. The van der Waals surface area contributed by atoms with E-state index in [1.807, 2.05) is 5.38 Å². The summed E-state index contributed by atoms with van der Waals surface area (Å²) in [5.74, 6) is 0. The van der Waals surface area contributed by atoms with E-state index < -0.39 is 0 Å². The highest BCUT2D eigenvalue weighted by atomic mass is 32.1. The third-order valence-corrected chi connectivity index (χ3v) is 4.84. The second-order valence-electron chi connectivity index (χ2n) is 6.10. The Morgan fingerprint density at radius 1 is 1.04 bits per heavy atom. The average Bonchev–Trinajstić information content (AvgIpc) is 3.21. The van der Waals surface area contributed by atoms with Gasteiger partial charge >= 0.3 is 0 Å². The zero-order valence-electron chi connectivity index (χ0n) is 14.7. The van der Waals surface area contributed by atoms with Crippen molar-refractivity contribution in [3.05, 3.63) is 65.0 Å². The van der Waals surface area contributed by atoms with Crippen LogP contribution in [-0.2, 0) is 13.0 Å². The molecule has 0 spiro atoms. The summed E-state index contributed by atoms with van der Waals surface area (Å²) in [6, 6.07) is 16.7. The second-order valence-corrected chi connectivity index (χ2v) is 7.11. The first-order valence-corrected chi connectivity index (χ1v) is 9.99. The van der Waals surface area contributed by atoms with Gasteiger partial charge in [0.15, 0.2) is 5.11 Å². The lowest BCUT2D eigenvalue weighted by Gasteiger charge is -2.11. The number of anilines is 1. The zero-order valence-corrected chi connectivity index (χ0v) is 16.4. The van der Waals surface area contributed by atoms with Gasteiger partial charge in [0, 0.05) is 23.2 Å². The quantitative estimate of drug-likeness (QED) is 0.561. The lowest BCUT2D eigenvalue weighted by Crippen LogP contribution is -2.27. The highest BCUT2D eigenvalue weighted by Crippen LogP contribution is 2.18. The monoisotopic (exact) mass is 382 g/mol. The molecule has 26 heavy (non-hydrogen) atoms. The molecule has 0 amide bonds. The summed E-state index contributed by atoms with van der Waals surface area (Å²) < 4.78 is 3.89. The normalized spacial score (nSPS) is 10.5. The minimum Gasteiger partial charge on any atom is -0.358 e. The third-order valence-electron chi connectivity index (χ3n) is 4.09. The molecule has 0 unspecified atom stereocenters. The molecule has 4 nitrogen and oxygen atoms in total. The van der Waals surface area contributed by atoms with Crippen LogP contribution in [-0.4, -0.2) is 14.7 Å². The van der Waals surface area contributed by atoms with Gasteiger partial charge in [-0.1, -0.05) is 54.2 Å². The van der Waals surface area contributed by atoms with Crippen molar-refractivity contribution < 1.29 is 0 Å². The van der Waals surface area contributed by atoms with Crippen molar-refractivity contribution in [3.8, 4) is 11.3 Å². The maximum absolute atomic E-state index is 5.39. The van der Waals surface area contributed by atoms with Crippen molar-refractivity contribution in [1.82, 2.24) is 14.9 Å². The summed E-state index contributed by atoms with van der Waals surface area (Å²) in [5.41, 5.74) is 5.53. The van der Waals surface area contributed by atoms with E-state index in [9.17, 15) is 0 Å². The van der Waals surface area contributed by atoms with Crippen LogP contribution in [0.1, 0.15) is 30.9 Å². The third kappa shape index (κ3) is 5.34. The van der Waals surface area contributed by atoms with Crippen LogP contribution in [0.15, 0.2) is 53.9 Å². The zero-order chi connectivity index (χ0) is 18.2. The van der Waals surface area contributed by atoms with Crippen molar-refractivity contribution in [2.45, 2.75) is 32.7 Å². The summed E-state index contributed by atoms with van der Waals surface area (Å²) >= 11 is 6.75. The van der Waals surface area contributed by atoms with Gasteiger partial charge in [0.1, 0.15) is 5.69 Å². The molecule has 3 aromatic rings. The highest BCUT2D eigenvalue weighted by molar-refractivity contribution is 7.80. The van der Waals surface area contributed by atoms with Crippen molar-refractivity contribution >= 4 is 34.6 Å². The van der Waals surface area contributed by atoms with E-state index in [1.165, 1.54) is 29.9 Å². The number of hydrogen-bond acceptors (Lipinski definition) is 4. The molecule has 6 heteroatoms. The molecule has 0 aliphatic carbocycles. The number of hydrogen-bond donors (Lipinski definition) is 2. The molecule has 0 saturated heterocycles. The summed E-state index contributed by atoms with van der Waals surface area (Å²) in [4.78, 5) is 0. The fourth-order valence-electron chi connectivity index (χ4n) is 2.58. The molecule has 0 aliphatic rings. The highest BCUT2D eigenvalue weighted by Gasteiger charge is 2.02. The standard InChI is InChI=1S/C20H22N4S2/c1-2-3-4-15-7-11-18(12-8-15)22-20(25)21-13-16-5-9-17(10-6-16)19-14-26-24-23-19/h5-12,14H,2-4,13H2,1H3,(H2,21,22,25). The number of aromatic nitrogens is 2. The first-order chi connectivity index (χ1) is 12.7. The van der Waals surface area contributed by atoms with E-state index in [1.54, 1.807) is 0 Å². The van der Waals surface area contributed by atoms with Crippen molar-refractivity contribution in [3.63, 3.8) is 0 Å². The van der Waals surface area contributed by atoms with Gasteiger partial charge in [-0.15, -0.1) is 5.10 Å². The molecule has 0 fully saturated rings. The van der Waals surface area contributed by atoms with Crippen LogP contribution in [0.25, 0.3) is 11.3 Å². The first-order valence-electron chi connectivity index (χ1n) is 8.75. The van der Waals surface area contributed by atoms with Crippen molar-refractivity contribution in [2.24, 2.45) is 0 Å². The molecule has 2 aromatic carbocycles. The van der Waals surface area contributed by atoms with Crippen LogP contribution in [0.4, 0.5) is 5.69 Å². The molecule has 0 aliphatic heterocycles. The predicted octanol–water partition coefficient (Wildman–Crippen LogP) is 5.03. The largest absolute Gasteiger partial charge is 0.358 e. The van der Waals surface area contributed by atoms with Crippen LogP contribution in [0.2, 0.25) is 0 Å². The lowest BCUT2D eigenvalue weighted by molar-refractivity contribution is 0.795. The Morgan fingerprint density at radius 2 is 1.77 bits per heavy atom. The van der Waals surface area contributed by atoms with E-state index in [-0.39, 0.29) is 0 Å². The molecule has 1 aromatic heterocycles. The van der Waals surface area contributed by atoms with Gasteiger partial charge in [-0.05, 0) is 59.9 Å². The fraction of sp³-hybridized carbons (Fsp3) is 0.250. The molecular formula is C20H22N4S2. The Morgan fingerprint density at radius 3 is 2.42 bits per heavy atom. The summed E-state index contributed by atoms with van der Waals surface area (Å²) in [6.07, 6.45) is 3.58. The van der Waals surface area contributed by atoms with Crippen LogP contribution >= 0.6 is 23.8 Å². The van der Waals surface area contributed by atoms with Crippen LogP contribution < -0.4 is 10.6 Å². The topological polar surface area (TPSA) is 49.8 Å². The number of nitrogens with one attached hydrogen (secondary N) is 2. The smallest absolute Gasteiger partial charge is 0.171 e. The Bertz CT molecular complexity index is 812. The summed E-state index contributed by atoms with van der Waals surface area (Å²) in [5, 5.41) is 13.1. The van der Waals surface area contributed by atoms with Gasteiger partial charge < -0.3 is 10.6 Å². The van der Waals surface area contributed by atoms with Crippen LogP contribution in [0, 0.1) is 0 Å². The van der Waals surface area contributed by atoms with Gasteiger partial charge in [-0.2, -0.15) is 0 Å². The lowest BCUT2D eigenvalue weighted by atomic mass is 10.1. The number of aryl methyl sites for hydroxylation is 1. The molecule has 1 heterocycles. The number of rotatable bonds is 7. The minimum absolute atomic E-state index is 0.624. The molecule has 3 rings (SSSR count). The first kappa shape index (κ1) is 18.5. The molecule has 0 bridgehead atoms. The van der Waals surface area contributed by atoms with Gasteiger partial charge in [-0.3, -0.25) is 0 Å². The van der Waals surface area contributed by atoms with Gasteiger partial charge in [0.25, 0.3) is 0 Å². The van der Waals surface area contributed by atoms with Crippen LogP contribution in [0.3, 0.4) is 0 Å². The van der Waals surface area contributed by atoms with E-state index in [0.29, 0.717) is 11.7 Å². The van der Waals surface area contributed by atoms with Crippen molar-refractivity contribution in [2.75, 3.05) is 5.32 Å². The molecule has 0 atom stereocenters. The van der Waals surface area contributed by atoms with Crippen molar-refractivity contribution in [1.29, 1.82) is 0 Å². The number of unbranched alkanes of at least 4 members (excludes halogenated alkanes) is 1. The maximum Gasteiger partial charge on any atom is 0.171 e. The van der Waals surface area contributed by atoms with E-state index >= 15 is 0 Å². The predicted molar refractivity (Wildman–Crippen MR) is 113 cm³/mol. The minimum atomic E-state index is 0.624. The van der Waals surface area contributed by atoms with Gasteiger partial charge in [-0.25, -0.2) is 0 Å². The SMILES string of the molecule is CCCCc1ccc(NC(=S)NCc2ccc(-c3csnn3)cc2)cc1. The van der Waals surface area contributed by atoms with Crippen LogP contribution in [0.5, 0.6) is 0 Å². The Hall–Kier alpha value is -2.31. The van der Waals surface area contributed by atoms with E-state index in [0.717, 1.165) is 28.9 Å². The van der Waals surface area contributed by atoms with E-state index in [2.05, 4.69) is 75.7 Å². The molecular weight excluding hydrogens is 360 g/mol. The molecule has 0 saturated carbocycles. The maximum atomic E-state index is 5.39. The van der Waals surface area contributed by atoms with Gasteiger partial charge in [0.2, 0.25) is 0 Å². The summed E-state index contributed by atoms with van der Waals surface area (Å²) in [6.45, 7) is 2.89. The number of benzene rings is 2. The van der Waals surface area contributed by atoms with E-state index in [4.69, 9.17) is 12.2 Å². The Kier molecular flexibility index (Phi) is 6.68. The molecule has 0 radical (unpaired) electrons. The fourth-order valence-corrected chi connectivity index (χ4v) is 3.23. The number of thiocarbonyl (C=S) groups is 1.